The van der Waals surface area contributed by atoms with Crippen LogP contribution in [-0.2, 0) is 10.0 Å². The fourth-order valence-electron chi connectivity index (χ4n) is 2.95. The van der Waals surface area contributed by atoms with Crippen molar-refractivity contribution in [3.63, 3.8) is 0 Å². The summed E-state index contributed by atoms with van der Waals surface area (Å²) in [5.74, 6) is 0.211. The van der Waals surface area contributed by atoms with Crippen molar-refractivity contribution in [3.8, 4) is 5.75 Å². The quantitative estimate of drug-likeness (QED) is 0.623. The van der Waals surface area contributed by atoms with Crippen molar-refractivity contribution in [2.24, 2.45) is 0 Å². The number of nitrogens with zero attached hydrogens (tertiary/aromatic N) is 1. The standard InChI is InChI=1S/C19H21NO4S/c1-13-8-9-14(2)18(15(13)3)24-19(21)16-6-4-7-17(12-16)20-10-5-11-25(20,22)23/h4,6-9,12H,5,10-11H2,1-3H3. The molecular weight excluding hydrogens is 338 g/mol. The minimum atomic E-state index is -3.28. The van der Waals surface area contributed by atoms with Crippen LogP contribution in [0.1, 0.15) is 33.5 Å². The Morgan fingerprint density at radius 2 is 1.80 bits per heavy atom. The highest BCUT2D eigenvalue weighted by atomic mass is 32.2. The van der Waals surface area contributed by atoms with E-state index in [0.29, 0.717) is 30.0 Å². The number of ether oxygens (including phenoxy) is 1. The molecule has 1 saturated heterocycles. The van der Waals surface area contributed by atoms with E-state index in [9.17, 15) is 13.2 Å². The second kappa shape index (κ2) is 6.52. The Balaban J connectivity index is 1.89. The Hall–Kier alpha value is -2.34. The van der Waals surface area contributed by atoms with Gasteiger partial charge < -0.3 is 4.74 Å². The van der Waals surface area contributed by atoms with Crippen LogP contribution in [-0.4, -0.2) is 26.7 Å². The largest absolute Gasteiger partial charge is 0.422 e. The zero-order valence-electron chi connectivity index (χ0n) is 14.6. The molecule has 0 aromatic heterocycles. The van der Waals surface area contributed by atoms with Crippen LogP contribution in [0.2, 0.25) is 0 Å². The molecule has 0 unspecified atom stereocenters. The van der Waals surface area contributed by atoms with Crippen molar-refractivity contribution in [2.75, 3.05) is 16.6 Å². The fourth-order valence-corrected chi connectivity index (χ4v) is 4.51. The first-order chi connectivity index (χ1) is 11.8. The maximum absolute atomic E-state index is 12.6. The number of aryl methyl sites for hydroxylation is 2. The lowest BCUT2D eigenvalue weighted by Crippen LogP contribution is -2.25. The summed E-state index contributed by atoms with van der Waals surface area (Å²) in [6, 6.07) is 10.5. The van der Waals surface area contributed by atoms with Crippen LogP contribution in [0.25, 0.3) is 0 Å². The Kier molecular flexibility index (Phi) is 4.56. The molecule has 132 valence electrons. The zero-order valence-corrected chi connectivity index (χ0v) is 15.4. The van der Waals surface area contributed by atoms with E-state index < -0.39 is 16.0 Å². The van der Waals surface area contributed by atoms with Gasteiger partial charge in [0, 0.05) is 6.54 Å². The first-order valence-electron chi connectivity index (χ1n) is 8.19. The van der Waals surface area contributed by atoms with Crippen LogP contribution >= 0.6 is 0 Å². The Labute approximate surface area is 148 Å². The SMILES string of the molecule is Cc1ccc(C)c(OC(=O)c2cccc(N3CCCS3(=O)=O)c2)c1C. The summed E-state index contributed by atoms with van der Waals surface area (Å²) in [5, 5.41) is 0. The Bertz CT molecular complexity index is 934. The molecule has 0 aliphatic carbocycles. The first kappa shape index (κ1) is 17.5. The van der Waals surface area contributed by atoms with Gasteiger partial charge in [0.15, 0.2) is 0 Å². The highest BCUT2D eigenvalue weighted by Gasteiger charge is 2.28. The number of hydrogen-bond donors (Lipinski definition) is 0. The molecule has 0 atom stereocenters. The number of benzene rings is 2. The average molecular weight is 359 g/mol. The predicted octanol–water partition coefficient (Wildman–Crippen LogP) is 3.37. The molecule has 0 saturated carbocycles. The van der Waals surface area contributed by atoms with Gasteiger partial charge in [0.25, 0.3) is 0 Å². The fraction of sp³-hybridized carbons (Fsp3) is 0.316. The van der Waals surface area contributed by atoms with Crippen molar-refractivity contribution in [2.45, 2.75) is 27.2 Å². The summed E-state index contributed by atoms with van der Waals surface area (Å²) >= 11 is 0. The molecule has 0 N–H and O–H groups in total. The lowest BCUT2D eigenvalue weighted by molar-refractivity contribution is 0.0732. The Morgan fingerprint density at radius 1 is 1.08 bits per heavy atom. The van der Waals surface area contributed by atoms with E-state index in [2.05, 4.69) is 0 Å². The van der Waals surface area contributed by atoms with Crippen LogP contribution in [0.3, 0.4) is 0 Å². The van der Waals surface area contributed by atoms with Gasteiger partial charge in [0.1, 0.15) is 5.75 Å². The van der Waals surface area contributed by atoms with Gasteiger partial charge in [-0.15, -0.1) is 0 Å². The van der Waals surface area contributed by atoms with Crippen molar-refractivity contribution in [1.29, 1.82) is 0 Å². The first-order valence-corrected chi connectivity index (χ1v) is 9.80. The van der Waals surface area contributed by atoms with Gasteiger partial charge in [0.05, 0.1) is 17.0 Å². The van der Waals surface area contributed by atoms with Crippen molar-refractivity contribution < 1.29 is 17.9 Å². The molecule has 2 aromatic carbocycles. The third kappa shape index (κ3) is 3.39. The number of carbonyl (C=O) groups excluding carboxylic acids is 1. The maximum atomic E-state index is 12.6. The van der Waals surface area contributed by atoms with E-state index in [1.54, 1.807) is 24.3 Å². The van der Waals surface area contributed by atoms with Crippen molar-refractivity contribution >= 4 is 21.7 Å². The number of sulfonamides is 1. The molecule has 1 aliphatic heterocycles. The number of esters is 1. The number of rotatable bonds is 3. The Morgan fingerprint density at radius 3 is 2.48 bits per heavy atom. The number of carbonyl (C=O) groups is 1. The predicted molar refractivity (Wildman–Crippen MR) is 97.8 cm³/mol. The van der Waals surface area contributed by atoms with Gasteiger partial charge in [-0.05, 0) is 62.1 Å². The van der Waals surface area contributed by atoms with Gasteiger partial charge in [0.2, 0.25) is 10.0 Å². The monoisotopic (exact) mass is 359 g/mol. The van der Waals surface area contributed by atoms with Crippen molar-refractivity contribution in [3.05, 3.63) is 58.7 Å². The summed E-state index contributed by atoms with van der Waals surface area (Å²) in [4.78, 5) is 12.6. The van der Waals surface area contributed by atoms with Gasteiger partial charge in [-0.1, -0.05) is 18.2 Å². The van der Waals surface area contributed by atoms with Crippen LogP contribution in [0.4, 0.5) is 5.69 Å². The van der Waals surface area contributed by atoms with Crippen LogP contribution in [0, 0.1) is 20.8 Å². The second-order valence-corrected chi connectivity index (χ2v) is 8.35. The summed E-state index contributed by atoms with van der Waals surface area (Å²) in [7, 11) is -3.28. The molecule has 0 bridgehead atoms. The third-order valence-electron chi connectivity index (χ3n) is 4.54. The number of anilines is 1. The zero-order chi connectivity index (χ0) is 18.2. The maximum Gasteiger partial charge on any atom is 0.343 e. The highest BCUT2D eigenvalue weighted by molar-refractivity contribution is 7.93. The minimum Gasteiger partial charge on any atom is -0.422 e. The van der Waals surface area contributed by atoms with E-state index in [1.165, 1.54) is 4.31 Å². The van der Waals surface area contributed by atoms with Gasteiger partial charge in [-0.25, -0.2) is 13.2 Å². The van der Waals surface area contributed by atoms with Gasteiger partial charge in [-0.2, -0.15) is 0 Å². The van der Waals surface area contributed by atoms with E-state index in [1.807, 2.05) is 32.9 Å². The molecule has 2 aromatic rings. The van der Waals surface area contributed by atoms with Gasteiger partial charge in [-0.3, -0.25) is 4.31 Å². The molecule has 1 heterocycles. The summed E-state index contributed by atoms with van der Waals surface area (Å²) in [5.41, 5.74) is 3.69. The molecule has 0 amide bonds. The van der Waals surface area contributed by atoms with E-state index in [-0.39, 0.29) is 5.75 Å². The number of hydrogen-bond acceptors (Lipinski definition) is 4. The van der Waals surface area contributed by atoms with E-state index in [0.717, 1.165) is 16.7 Å². The smallest absolute Gasteiger partial charge is 0.343 e. The van der Waals surface area contributed by atoms with E-state index in [4.69, 9.17) is 4.74 Å². The molecular formula is C19H21NO4S. The lowest BCUT2D eigenvalue weighted by atomic mass is 10.1. The topological polar surface area (TPSA) is 63.7 Å². The minimum absolute atomic E-state index is 0.142. The normalized spacial score (nSPS) is 16.0. The summed E-state index contributed by atoms with van der Waals surface area (Å²) in [6.07, 6.45) is 0.596. The average Bonchev–Trinajstić information content (AvgIpc) is 2.94. The molecule has 25 heavy (non-hydrogen) atoms. The van der Waals surface area contributed by atoms with Crippen molar-refractivity contribution in [1.82, 2.24) is 0 Å². The molecule has 1 fully saturated rings. The highest BCUT2D eigenvalue weighted by Crippen LogP contribution is 2.28. The van der Waals surface area contributed by atoms with Gasteiger partial charge >= 0.3 is 5.97 Å². The van der Waals surface area contributed by atoms with Crippen LogP contribution < -0.4 is 9.04 Å². The molecule has 0 radical (unpaired) electrons. The third-order valence-corrected chi connectivity index (χ3v) is 6.41. The lowest BCUT2D eigenvalue weighted by Gasteiger charge is -2.18. The summed E-state index contributed by atoms with van der Waals surface area (Å²) in [6.45, 7) is 6.21. The molecule has 6 heteroatoms. The second-order valence-electron chi connectivity index (χ2n) is 6.34. The summed E-state index contributed by atoms with van der Waals surface area (Å²) < 4.78 is 31.1. The molecule has 1 aliphatic rings. The van der Waals surface area contributed by atoms with E-state index >= 15 is 0 Å². The molecule has 5 nitrogen and oxygen atoms in total. The van der Waals surface area contributed by atoms with Crippen LogP contribution in [0.15, 0.2) is 36.4 Å². The van der Waals surface area contributed by atoms with Crippen LogP contribution in [0.5, 0.6) is 5.75 Å². The molecule has 0 spiro atoms. The molecule has 3 rings (SSSR count).